The van der Waals surface area contributed by atoms with Gasteiger partial charge in [0.15, 0.2) is 0 Å². The predicted molar refractivity (Wildman–Crippen MR) is 78.6 cm³/mol. The van der Waals surface area contributed by atoms with E-state index in [9.17, 15) is 13.2 Å². The van der Waals surface area contributed by atoms with Crippen LogP contribution in [0.5, 0.6) is 0 Å². The standard InChI is InChI=1S/C13H25N3O4S/c1-20-13(17)10-5-7-16(8-6-10)21(18,19)15-12-4-2-3-11(12)9-14/h10-12,15H,2-9,14H2,1H3. The number of carbonyl (C=O) groups is 1. The van der Waals surface area contributed by atoms with Gasteiger partial charge in [-0.05, 0) is 38.1 Å². The van der Waals surface area contributed by atoms with Crippen LogP contribution in [0.2, 0.25) is 0 Å². The molecule has 0 radical (unpaired) electrons. The monoisotopic (exact) mass is 319 g/mol. The second-order valence-electron chi connectivity index (χ2n) is 5.85. The number of piperidine rings is 1. The van der Waals surface area contributed by atoms with Gasteiger partial charge < -0.3 is 10.5 Å². The molecular formula is C13H25N3O4S. The van der Waals surface area contributed by atoms with Crippen molar-refractivity contribution in [1.29, 1.82) is 0 Å². The van der Waals surface area contributed by atoms with Crippen molar-refractivity contribution >= 4 is 16.2 Å². The lowest BCUT2D eigenvalue weighted by molar-refractivity contribution is -0.146. The maximum Gasteiger partial charge on any atom is 0.308 e. The minimum absolute atomic E-state index is 0.0571. The van der Waals surface area contributed by atoms with Gasteiger partial charge in [-0.25, -0.2) is 0 Å². The van der Waals surface area contributed by atoms with E-state index in [1.807, 2.05) is 0 Å². The van der Waals surface area contributed by atoms with Crippen molar-refractivity contribution in [3.8, 4) is 0 Å². The Morgan fingerprint density at radius 2 is 1.95 bits per heavy atom. The van der Waals surface area contributed by atoms with E-state index in [2.05, 4.69) is 4.72 Å². The van der Waals surface area contributed by atoms with Crippen LogP contribution >= 0.6 is 0 Å². The van der Waals surface area contributed by atoms with Gasteiger partial charge in [0, 0.05) is 19.1 Å². The molecule has 21 heavy (non-hydrogen) atoms. The first-order chi connectivity index (χ1) is 9.97. The third-order valence-electron chi connectivity index (χ3n) is 4.59. The number of nitrogens with one attached hydrogen (secondary N) is 1. The molecule has 8 heteroatoms. The van der Waals surface area contributed by atoms with Crippen LogP contribution < -0.4 is 10.5 Å². The average molecular weight is 319 g/mol. The average Bonchev–Trinajstić information content (AvgIpc) is 2.93. The molecule has 0 bridgehead atoms. The number of carbonyl (C=O) groups excluding carboxylic acids is 1. The number of rotatable bonds is 5. The van der Waals surface area contributed by atoms with Crippen molar-refractivity contribution in [1.82, 2.24) is 9.03 Å². The Bertz CT molecular complexity index is 460. The molecule has 2 atom stereocenters. The summed E-state index contributed by atoms with van der Waals surface area (Å²) >= 11 is 0. The molecular weight excluding hydrogens is 294 g/mol. The maximum atomic E-state index is 12.4. The van der Waals surface area contributed by atoms with E-state index in [-0.39, 0.29) is 23.8 Å². The number of hydrogen-bond donors (Lipinski definition) is 2. The van der Waals surface area contributed by atoms with Gasteiger partial charge in [0.2, 0.25) is 0 Å². The molecule has 1 saturated heterocycles. The van der Waals surface area contributed by atoms with Crippen molar-refractivity contribution in [3.63, 3.8) is 0 Å². The van der Waals surface area contributed by atoms with Crippen LogP contribution in [0.3, 0.4) is 0 Å². The van der Waals surface area contributed by atoms with Gasteiger partial charge in [0.1, 0.15) is 0 Å². The summed E-state index contributed by atoms with van der Waals surface area (Å²) in [5.74, 6) is -0.212. The Hall–Kier alpha value is -0.700. The van der Waals surface area contributed by atoms with E-state index in [1.54, 1.807) is 0 Å². The van der Waals surface area contributed by atoms with Gasteiger partial charge in [-0.3, -0.25) is 4.79 Å². The minimum atomic E-state index is -3.49. The Morgan fingerprint density at radius 3 is 2.52 bits per heavy atom. The van der Waals surface area contributed by atoms with Crippen LogP contribution in [0.15, 0.2) is 0 Å². The summed E-state index contributed by atoms with van der Waals surface area (Å²) in [7, 11) is -2.13. The smallest absolute Gasteiger partial charge is 0.308 e. The lowest BCUT2D eigenvalue weighted by Crippen LogP contribution is -2.50. The summed E-state index contributed by atoms with van der Waals surface area (Å²) in [6, 6.07) is -0.0571. The maximum absolute atomic E-state index is 12.4. The molecule has 0 amide bonds. The largest absolute Gasteiger partial charge is 0.469 e. The van der Waals surface area contributed by atoms with Crippen LogP contribution in [-0.4, -0.2) is 51.5 Å². The first-order valence-electron chi connectivity index (χ1n) is 7.53. The molecule has 1 saturated carbocycles. The highest BCUT2D eigenvalue weighted by molar-refractivity contribution is 7.87. The van der Waals surface area contributed by atoms with Crippen LogP contribution in [0.4, 0.5) is 0 Å². The van der Waals surface area contributed by atoms with Gasteiger partial charge >= 0.3 is 5.97 Å². The Kier molecular flexibility index (Phi) is 5.59. The van der Waals surface area contributed by atoms with E-state index in [1.165, 1.54) is 11.4 Å². The van der Waals surface area contributed by atoms with Crippen molar-refractivity contribution in [2.45, 2.75) is 38.1 Å². The summed E-state index contributed by atoms with van der Waals surface area (Å²) < 4.78 is 33.7. The van der Waals surface area contributed by atoms with Gasteiger partial charge in [0.25, 0.3) is 10.2 Å². The molecule has 1 heterocycles. The zero-order valence-corrected chi connectivity index (χ0v) is 13.3. The van der Waals surface area contributed by atoms with Crippen molar-refractivity contribution < 1.29 is 17.9 Å². The van der Waals surface area contributed by atoms with Crippen molar-refractivity contribution in [2.75, 3.05) is 26.7 Å². The van der Waals surface area contributed by atoms with E-state index in [0.29, 0.717) is 32.5 Å². The third-order valence-corrected chi connectivity index (χ3v) is 6.24. The summed E-state index contributed by atoms with van der Waals surface area (Å²) in [6.07, 6.45) is 3.87. The quantitative estimate of drug-likeness (QED) is 0.685. The molecule has 122 valence electrons. The first-order valence-corrected chi connectivity index (χ1v) is 8.97. The van der Waals surface area contributed by atoms with Gasteiger partial charge in [-0.2, -0.15) is 17.4 Å². The van der Waals surface area contributed by atoms with E-state index >= 15 is 0 Å². The lowest BCUT2D eigenvalue weighted by Gasteiger charge is -2.31. The summed E-state index contributed by atoms with van der Waals surface area (Å²) in [4.78, 5) is 11.5. The molecule has 2 rings (SSSR count). The number of nitrogens with two attached hydrogens (primary N) is 1. The summed E-state index contributed by atoms with van der Waals surface area (Å²) in [5, 5.41) is 0. The zero-order chi connectivity index (χ0) is 15.5. The molecule has 0 spiro atoms. The van der Waals surface area contributed by atoms with Crippen molar-refractivity contribution in [2.24, 2.45) is 17.6 Å². The SMILES string of the molecule is COC(=O)C1CCN(S(=O)(=O)NC2CCCC2CN)CC1. The molecule has 2 aliphatic rings. The molecule has 2 unspecified atom stereocenters. The van der Waals surface area contributed by atoms with Crippen LogP contribution in [0.25, 0.3) is 0 Å². The Labute approximate surface area is 126 Å². The van der Waals surface area contributed by atoms with Crippen LogP contribution in [-0.2, 0) is 19.7 Å². The van der Waals surface area contributed by atoms with Crippen molar-refractivity contribution in [3.05, 3.63) is 0 Å². The van der Waals surface area contributed by atoms with Gasteiger partial charge in [-0.1, -0.05) is 6.42 Å². The van der Waals surface area contributed by atoms with E-state index < -0.39 is 10.2 Å². The second kappa shape index (κ2) is 7.04. The third kappa shape index (κ3) is 3.94. The van der Waals surface area contributed by atoms with Gasteiger partial charge in [-0.15, -0.1) is 0 Å². The van der Waals surface area contributed by atoms with Crippen LogP contribution in [0, 0.1) is 11.8 Å². The van der Waals surface area contributed by atoms with E-state index in [4.69, 9.17) is 10.5 Å². The lowest BCUT2D eigenvalue weighted by atomic mass is 9.99. The van der Waals surface area contributed by atoms with Gasteiger partial charge in [0.05, 0.1) is 13.0 Å². The Balaban J connectivity index is 1.91. The molecule has 1 aliphatic heterocycles. The molecule has 7 nitrogen and oxygen atoms in total. The highest BCUT2D eigenvalue weighted by atomic mass is 32.2. The molecule has 0 aromatic rings. The summed E-state index contributed by atoms with van der Waals surface area (Å²) in [6.45, 7) is 1.22. The fourth-order valence-electron chi connectivity index (χ4n) is 3.24. The topological polar surface area (TPSA) is 102 Å². The summed E-state index contributed by atoms with van der Waals surface area (Å²) in [5.41, 5.74) is 5.69. The highest BCUT2D eigenvalue weighted by Crippen LogP contribution is 2.26. The second-order valence-corrected chi connectivity index (χ2v) is 7.55. The number of hydrogen-bond acceptors (Lipinski definition) is 5. The number of esters is 1. The minimum Gasteiger partial charge on any atom is -0.469 e. The fraction of sp³-hybridized carbons (Fsp3) is 0.923. The number of ether oxygens (including phenoxy) is 1. The molecule has 1 aliphatic carbocycles. The first kappa shape index (κ1) is 16.7. The normalized spacial score (nSPS) is 28.7. The Morgan fingerprint density at radius 1 is 1.29 bits per heavy atom. The zero-order valence-electron chi connectivity index (χ0n) is 12.5. The molecule has 3 N–H and O–H groups in total. The van der Waals surface area contributed by atoms with Crippen LogP contribution in [0.1, 0.15) is 32.1 Å². The predicted octanol–water partition coefficient (Wildman–Crippen LogP) is -0.167. The molecule has 0 aromatic heterocycles. The van der Waals surface area contributed by atoms with E-state index in [0.717, 1.165) is 19.3 Å². The molecule has 0 aromatic carbocycles. The number of methoxy groups -OCH3 is 1. The molecule has 2 fully saturated rings. The highest BCUT2D eigenvalue weighted by Gasteiger charge is 2.35. The number of nitrogens with zero attached hydrogens (tertiary/aromatic N) is 1. The fourth-order valence-corrected chi connectivity index (χ4v) is 4.77.